The van der Waals surface area contributed by atoms with Crippen LogP contribution >= 0.6 is 0 Å². The fraction of sp³-hybridized carbons (Fsp3) is 0.391. The Bertz CT molecular complexity index is 843. The quantitative estimate of drug-likeness (QED) is 0.754. The number of rotatable bonds is 7. The van der Waals surface area contributed by atoms with E-state index in [1.807, 2.05) is 53.4 Å². The molecule has 0 fully saturated rings. The van der Waals surface area contributed by atoms with E-state index >= 15 is 0 Å². The van der Waals surface area contributed by atoms with Crippen molar-refractivity contribution in [3.8, 4) is 0 Å². The van der Waals surface area contributed by atoms with Crippen LogP contribution in [0, 0.1) is 11.8 Å². The van der Waals surface area contributed by atoms with E-state index in [-0.39, 0.29) is 18.0 Å². The van der Waals surface area contributed by atoms with Crippen LogP contribution < -0.4 is 10.6 Å². The molecular weight excluding hydrogens is 350 g/mol. The van der Waals surface area contributed by atoms with E-state index < -0.39 is 0 Å². The van der Waals surface area contributed by atoms with Gasteiger partial charge in [0.2, 0.25) is 0 Å². The van der Waals surface area contributed by atoms with E-state index in [4.69, 9.17) is 0 Å². The van der Waals surface area contributed by atoms with Crippen LogP contribution in [0.15, 0.2) is 48.5 Å². The molecule has 0 bridgehead atoms. The van der Waals surface area contributed by atoms with E-state index in [0.717, 1.165) is 16.8 Å². The van der Waals surface area contributed by atoms with E-state index in [2.05, 4.69) is 38.3 Å². The van der Waals surface area contributed by atoms with Gasteiger partial charge in [-0.3, -0.25) is 9.59 Å². The first-order valence-corrected chi connectivity index (χ1v) is 9.91. The zero-order valence-corrected chi connectivity index (χ0v) is 17.0. The zero-order chi connectivity index (χ0) is 20.3. The smallest absolute Gasteiger partial charge is 0.256 e. The maximum absolute atomic E-state index is 12.8. The van der Waals surface area contributed by atoms with Gasteiger partial charge < -0.3 is 15.5 Å². The average molecular weight is 380 g/mol. The summed E-state index contributed by atoms with van der Waals surface area (Å²) in [7, 11) is 0. The number of carbonyl (C=O) groups excluding carboxylic acids is 2. The molecule has 1 aliphatic rings. The second-order valence-corrected chi connectivity index (χ2v) is 8.17. The third-order valence-electron chi connectivity index (χ3n) is 4.74. The van der Waals surface area contributed by atoms with Gasteiger partial charge in [-0.2, -0.15) is 0 Å². The predicted octanol–water partition coefficient (Wildman–Crippen LogP) is 4.29. The van der Waals surface area contributed by atoms with E-state index in [9.17, 15) is 9.59 Å². The molecule has 1 heterocycles. The third kappa shape index (κ3) is 4.35. The molecule has 3 rings (SSSR count). The van der Waals surface area contributed by atoms with Crippen molar-refractivity contribution in [3.63, 3.8) is 0 Å². The molecule has 1 aliphatic heterocycles. The Balaban J connectivity index is 1.77. The Morgan fingerprint density at radius 2 is 1.68 bits per heavy atom. The first-order valence-electron chi connectivity index (χ1n) is 9.91. The highest BCUT2D eigenvalue weighted by Gasteiger charge is 2.36. The average Bonchev–Trinajstić information content (AvgIpc) is 2.92. The Labute approximate surface area is 167 Å². The van der Waals surface area contributed by atoms with Crippen molar-refractivity contribution in [1.29, 1.82) is 0 Å². The van der Waals surface area contributed by atoms with Crippen LogP contribution in [0.25, 0.3) is 0 Å². The van der Waals surface area contributed by atoms with E-state index in [1.165, 1.54) is 0 Å². The van der Waals surface area contributed by atoms with Crippen molar-refractivity contribution < 1.29 is 9.59 Å². The van der Waals surface area contributed by atoms with Crippen molar-refractivity contribution in [2.75, 3.05) is 18.4 Å². The zero-order valence-electron chi connectivity index (χ0n) is 17.0. The molecule has 2 amide bonds. The molecule has 0 saturated carbocycles. The summed E-state index contributed by atoms with van der Waals surface area (Å²) in [6.45, 7) is 9.69. The highest BCUT2D eigenvalue weighted by atomic mass is 16.2. The number of nitrogens with zero attached hydrogens (tertiary/aromatic N) is 1. The van der Waals surface area contributed by atoms with Crippen LogP contribution in [-0.2, 0) is 0 Å². The normalized spacial score (nSPS) is 15.9. The van der Waals surface area contributed by atoms with Gasteiger partial charge in [-0.25, -0.2) is 0 Å². The molecule has 1 unspecified atom stereocenters. The summed E-state index contributed by atoms with van der Waals surface area (Å²) in [5, 5.41) is 6.40. The fourth-order valence-electron chi connectivity index (χ4n) is 3.38. The molecule has 1 atom stereocenters. The predicted molar refractivity (Wildman–Crippen MR) is 112 cm³/mol. The molecular formula is C23H29N3O2. The minimum absolute atomic E-state index is 0.0616. The summed E-state index contributed by atoms with van der Waals surface area (Å²) < 4.78 is 0. The molecule has 0 aliphatic carbocycles. The van der Waals surface area contributed by atoms with Gasteiger partial charge in [0.1, 0.15) is 6.17 Å². The Morgan fingerprint density at radius 3 is 2.32 bits per heavy atom. The molecule has 5 nitrogen and oxygen atoms in total. The van der Waals surface area contributed by atoms with Crippen molar-refractivity contribution in [2.24, 2.45) is 11.8 Å². The van der Waals surface area contributed by atoms with Gasteiger partial charge in [-0.05, 0) is 42.2 Å². The topological polar surface area (TPSA) is 61.4 Å². The molecule has 2 aromatic rings. The lowest BCUT2D eigenvalue weighted by Crippen LogP contribution is -2.35. The van der Waals surface area contributed by atoms with Crippen LogP contribution in [0.3, 0.4) is 0 Å². The number of fused-ring (bicyclic) bond motifs is 1. The third-order valence-corrected chi connectivity index (χ3v) is 4.74. The van der Waals surface area contributed by atoms with E-state index in [0.29, 0.717) is 30.5 Å². The van der Waals surface area contributed by atoms with Gasteiger partial charge in [0, 0.05) is 35.5 Å². The van der Waals surface area contributed by atoms with Crippen LogP contribution in [-0.4, -0.2) is 29.8 Å². The molecule has 28 heavy (non-hydrogen) atoms. The van der Waals surface area contributed by atoms with Gasteiger partial charge in [0.25, 0.3) is 11.8 Å². The maximum Gasteiger partial charge on any atom is 0.256 e. The SMILES string of the molecule is CC(C)CNC(=O)c1ccc(NC2c3ccccc3C(=O)N2CC(C)C)cc1. The summed E-state index contributed by atoms with van der Waals surface area (Å²) >= 11 is 0. The van der Waals surface area contributed by atoms with Crippen LogP contribution in [0.5, 0.6) is 0 Å². The van der Waals surface area contributed by atoms with Crippen molar-refractivity contribution in [3.05, 3.63) is 65.2 Å². The number of hydrogen-bond donors (Lipinski definition) is 2. The van der Waals surface area contributed by atoms with Crippen molar-refractivity contribution >= 4 is 17.5 Å². The van der Waals surface area contributed by atoms with Crippen LogP contribution in [0.2, 0.25) is 0 Å². The lowest BCUT2D eigenvalue weighted by molar-refractivity contribution is 0.0720. The lowest BCUT2D eigenvalue weighted by atomic mass is 10.1. The van der Waals surface area contributed by atoms with Gasteiger partial charge in [0.15, 0.2) is 0 Å². The number of amides is 2. The number of anilines is 1. The monoisotopic (exact) mass is 379 g/mol. The summed E-state index contributed by atoms with van der Waals surface area (Å²) in [5.41, 5.74) is 3.26. The van der Waals surface area contributed by atoms with E-state index in [1.54, 1.807) is 0 Å². The number of nitrogens with one attached hydrogen (secondary N) is 2. The number of hydrogen-bond acceptors (Lipinski definition) is 3. The molecule has 0 saturated heterocycles. The Morgan fingerprint density at radius 1 is 1.00 bits per heavy atom. The highest BCUT2D eigenvalue weighted by Crippen LogP contribution is 2.34. The Hall–Kier alpha value is -2.82. The first kappa shape index (κ1) is 19.9. The number of benzene rings is 2. The first-order chi connectivity index (χ1) is 13.4. The van der Waals surface area contributed by atoms with Crippen LogP contribution in [0.1, 0.15) is 60.1 Å². The molecule has 2 N–H and O–H groups in total. The second kappa shape index (κ2) is 8.46. The number of carbonyl (C=O) groups is 2. The molecule has 0 aromatic heterocycles. The standard InChI is InChI=1S/C23H29N3O2/c1-15(2)13-24-22(27)17-9-11-18(12-10-17)25-21-19-7-5-6-8-20(19)23(28)26(21)14-16(3)4/h5-12,15-16,21,25H,13-14H2,1-4H3,(H,24,27). The van der Waals surface area contributed by atoms with Crippen molar-refractivity contribution in [1.82, 2.24) is 10.2 Å². The molecule has 0 radical (unpaired) electrons. The lowest BCUT2D eigenvalue weighted by Gasteiger charge is -2.28. The van der Waals surface area contributed by atoms with Gasteiger partial charge in [-0.15, -0.1) is 0 Å². The van der Waals surface area contributed by atoms with Crippen LogP contribution in [0.4, 0.5) is 5.69 Å². The highest BCUT2D eigenvalue weighted by molar-refractivity contribution is 5.99. The molecule has 148 valence electrons. The minimum Gasteiger partial charge on any atom is -0.361 e. The summed E-state index contributed by atoms with van der Waals surface area (Å²) in [4.78, 5) is 26.9. The second-order valence-electron chi connectivity index (χ2n) is 8.17. The summed E-state index contributed by atoms with van der Waals surface area (Å²) in [5.74, 6) is 0.779. The van der Waals surface area contributed by atoms with Gasteiger partial charge in [-0.1, -0.05) is 45.9 Å². The van der Waals surface area contributed by atoms with Crippen molar-refractivity contribution in [2.45, 2.75) is 33.9 Å². The Kier molecular flexibility index (Phi) is 6.02. The van der Waals surface area contributed by atoms with Gasteiger partial charge in [0.05, 0.1) is 0 Å². The maximum atomic E-state index is 12.8. The largest absolute Gasteiger partial charge is 0.361 e. The summed E-state index contributed by atoms with van der Waals surface area (Å²) in [6, 6.07) is 15.2. The van der Waals surface area contributed by atoms with Gasteiger partial charge >= 0.3 is 0 Å². The molecule has 0 spiro atoms. The summed E-state index contributed by atoms with van der Waals surface area (Å²) in [6.07, 6.45) is -0.202. The fourth-order valence-corrected chi connectivity index (χ4v) is 3.38. The molecule has 2 aromatic carbocycles. The minimum atomic E-state index is -0.202. The molecule has 5 heteroatoms.